The molecule has 0 atom stereocenters. The highest BCUT2D eigenvalue weighted by atomic mass is 35.5. The molecule has 0 spiro atoms. The summed E-state index contributed by atoms with van der Waals surface area (Å²) in [6, 6.07) is 8.92. The summed E-state index contributed by atoms with van der Waals surface area (Å²) in [5.41, 5.74) is 0.987. The Morgan fingerprint density at radius 3 is 2.63 bits per heavy atom. The summed E-state index contributed by atoms with van der Waals surface area (Å²) in [7, 11) is 0. The maximum Gasteiger partial charge on any atom is 0.223 e. The molecule has 2 rings (SSSR count). The highest BCUT2D eigenvalue weighted by molar-refractivity contribution is 6.34. The maximum absolute atomic E-state index is 5.94. The molecule has 1 aromatic carbocycles. The average molecular weight is 297 g/mol. The molecule has 0 aliphatic heterocycles. The highest BCUT2D eigenvalue weighted by Crippen LogP contribution is 2.28. The van der Waals surface area contributed by atoms with E-state index in [0.29, 0.717) is 28.2 Å². The number of nitrogens with zero attached hydrogens (tertiary/aromatic N) is 1. The van der Waals surface area contributed by atoms with Crippen LogP contribution in [0.3, 0.4) is 0 Å². The molecule has 1 heterocycles. The molecule has 19 heavy (non-hydrogen) atoms. The van der Waals surface area contributed by atoms with E-state index in [4.69, 9.17) is 27.9 Å². The van der Waals surface area contributed by atoms with E-state index in [1.807, 2.05) is 19.1 Å². The summed E-state index contributed by atoms with van der Waals surface area (Å²) in [6.45, 7) is 3.64. The fourth-order valence-electron chi connectivity index (χ4n) is 1.61. The number of benzene rings is 1. The zero-order valence-electron chi connectivity index (χ0n) is 10.5. The van der Waals surface area contributed by atoms with E-state index >= 15 is 0 Å². The van der Waals surface area contributed by atoms with E-state index in [1.54, 1.807) is 24.4 Å². The van der Waals surface area contributed by atoms with Gasteiger partial charge in [-0.25, -0.2) is 4.98 Å². The van der Waals surface area contributed by atoms with Gasteiger partial charge < -0.3 is 10.1 Å². The van der Waals surface area contributed by atoms with Crippen LogP contribution in [0.2, 0.25) is 10.0 Å². The number of ether oxygens (including phenoxy) is 1. The third kappa shape index (κ3) is 4.10. The van der Waals surface area contributed by atoms with E-state index in [0.717, 1.165) is 12.1 Å². The van der Waals surface area contributed by atoms with Crippen molar-refractivity contribution in [2.45, 2.75) is 13.5 Å². The van der Waals surface area contributed by atoms with Crippen LogP contribution in [0.1, 0.15) is 12.5 Å². The Balaban J connectivity index is 2.22. The molecule has 2 aromatic rings. The molecule has 0 saturated heterocycles. The molecule has 1 N–H and O–H groups in total. The second-order valence-electron chi connectivity index (χ2n) is 3.96. The molecule has 0 aliphatic rings. The fraction of sp³-hybridized carbons (Fsp3) is 0.214. The Kier molecular flexibility index (Phi) is 5.02. The topological polar surface area (TPSA) is 34.2 Å². The van der Waals surface area contributed by atoms with Crippen LogP contribution in [0.25, 0.3) is 0 Å². The minimum Gasteiger partial charge on any atom is -0.439 e. The van der Waals surface area contributed by atoms with Crippen molar-refractivity contribution in [1.82, 2.24) is 10.3 Å². The molecule has 0 saturated carbocycles. The molecular formula is C14H14Cl2N2O. The second-order valence-corrected chi connectivity index (χ2v) is 4.83. The first kappa shape index (κ1) is 14.1. The van der Waals surface area contributed by atoms with Gasteiger partial charge in [-0.05, 0) is 30.8 Å². The molecule has 3 nitrogen and oxygen atoms in total. The Hall–Kier alpha value is -1.29. The summed E-state index contributed by atoms with van der Waals surface area (Å²) in [5, 5.41) is 4.31. The monoisotopic (exact) mass is 296 g/mol. The predicted molar refractivity (Wildman–Crippen MR) is 78.2 cm³/mol. The summed E-state index contributed by atoms with van der Waals surface area (Å²) in [6.07, 6.45) is 1.69. The molecule has 0 radical (unpaired) electrons. The molecule has 0 bridgehead atoms. The number of pyridine rings is 1. The first-order valence-electron chi connectivity index (χ1n) is 5.97. The van der Waals surface area contributed by atoms with Crippen LogP contribution in [0.5, 0.6) is 11.6 Å². The van der Waals surface area contributed by atoms with Crippen molar-refractivity contribution in [3.05, 3.63) is 52.1 Å². The van der Waals surface area contributed by atoms with E-state index in [2.05, 4.69) is 10.3 Å². The number of hydrogen-bond acceptors (Lipinski definition) is 3. The van der Waals surface area contributed by atoms with Gasteiger partial charge in [0.2, 0.25) is 5.88 Å². The number of rotatable bonds is 5. The van der Waals surface area contributed by atoms with Crippen LogP contribution < -0.4 is 10.1 Å². The Bertz CT molecular complexity index is 541. The number of nitrogens with one attached hydrogen (secondary N) is 1. The smallest absolute Gasteiger partial charge is 0.223 e. The predicted octanol–water partition coefficient (Wildman–Crippen LogP) is 4.29. The van der Waals surface area contributed by atoms with Crippen molar-refractivity contribution in [3.63, 3.8) is 0 Å². The summed E-state index contributed by atoms with van der Waals surface area (Å²) in [4.78, 5) is 4.24. The van der Waals surface area contributed by atoms with Crippen molar-refractivity contribution in [1.29, 1.82) is 0 Å². The molecule has 0 unspecified atom stereocenters. The van der Waals surface area contributed by atoms with Crippen LogP contribution >= 0.6 is 23.2 Å². The van der Waals surface area contributed by atoms with Gasteiger partial charge in [0.1, 0.15) is 5.75 Å². The summed E-state index contributed by atoms with van der Waals surface area (Å²) < 4.78 is 5.75. The molecule has 0 aliphatic carbocycles. The van der Waals surface area contributed by atoms with Crippen LogP contribution in [0.15, 0.2) is 36.5 Å². The van der Waals surface area contributed by atoms with Crippen molar-refractivity contribution in [3.8, 4) is 11.6 Å². The van der Waals surface area contributed by atoms with E-state index < -0.39 is 0 Å². The standard InChI is InChI=1S/C14H14Cl2N2O/c1-2-17-9-10-4-3-5-18-14(10)19-13-7-11(15)6-12(16)8-13/h3-8,17H,2,9H2,1H3. The Morgan fingerprint density at radius 1 is 1.21 bits per heavy atom. The van der Waals surface area contributed by atoms with Gasteiger partial charge in [-0.2, -0.15) is 0 Å². The SMILES string of the molecule is CCNCc1cccnc1Oc1cc(Cl)cc(Cl)c1. The highest BCUT2D eigenvalue weighted by Gasteiger charge is 2.07. The van der Waals surface area contributed by atoms with Crippen molar-refractivity contribution in [2.75, 3.05) is 6.54 Å². The molecule has 100 valence electrons. The normalized spacial score (nSPS) is 10.5. The van der Waals surface area contributed by atoms with Crippen molar-refractivity contribution >= 4 is 23.2 Å². The molecule has 5 heteroatoms. The van der Waals surface area contributed by atoms with Crippen molar-refractivity contribution in [2.24, 2.45) is 0 Å². The largest absolute Gasteiger partial charge is 0.439 e. The quantitative estimate of drug-likeness (QED) is 0.894. The lowest BCUT2D eigenvalue weighted by atomic mass is 10.2. The molecule has 0 amide bonds. The molecule has 0 fully saturated rings. The van der Waals surface area contributed by atoms with Gasteiger partial charge in [0.05, 0.1) is 0 Å². The van der Waals surface area contributed by atoms with Gasteiger partial charge in [-0.15, -0.1) is 0 Å². The van der Waals surface area contributed by atoms with E-state index in [1.165, 1.54) is 0 Å². The molecule has 1 aromatic heterocycles. The number of hydrogen-bond donors (Lipinski definition) is 1. The van der Waals surface area contributed by atoms with Gasteiger partial charge in [0, 0.05) is 28.4 Å². The molecular weight excluding hydrogens is 283 g/mol. The van der Waals surface area contributed by atoms with E-state index in [-0.39, 0.29) is 0 Å². The third-order valence-electron chi connectivity index (χ3n) is 2.47. The minimum absolute atomic E-state index is 0.534. The first-order chi connectivity index (χ1) is 9.19. The van der Waals surface area contributed by atoms with Crippen LogP contribution in [-0.2, 0) is 6.54 Å². The second kappa shape index (κ2) is 6.75. The number of aromatic nitrogens is 1. The Labute approximate surface area is 122 Å². The van der Waals surface area contributed by atoms with Crippen LogP contribution in [0.4, 0.5) is 0 Å². The first-order valence-corrected chi connectivity index (χ1v) is 6.73. The van der Waals surface area contributed by atoms with Gasteiger partial charge in [0.15, 0.2) is 0 Å². The zero-order chi connectivity index (χ0) is 13.7. The van der Waals surface area contributed by atoms with Gasteiger partial charge >= 0.3 is 0 Å². The minimum atomic E-state index is 0.534. The van der Waals surface area contributed by atoms with Gasteiger partial charge in [0.25, 0.3) is 0 Å². The summed E-state index contributed by atoms with van der Waals surface area (Å²) >= 11 is 11.9. The Morgan fingerprint density at radius 2 is 1.95 bits per heavy atom. The van der Waals surface area contributed by atoms with Gasteiger partial charge in [-0.1, -0.05) is 36.2 Å². The van der Waals surface area contributed by atoms with Crippen LogP contribution in [-0.4, -0.2) is 11.5 Å². The zero-order valence-corrected chi connectivity index (χ0v) is 12.0. The van der Waals surface area contributed by atoms with Crippen molar-refractivity contribution < 1.29 is 4.74 Å². The third-order valence-corrected chi connectivity index (χ3v) is 2.90. The lowest BCUT2D eigenvalue weighted by Crippen LogP contribution is -2.12. The lowest BCUT2D eigenvalue weighted by Gasteiger charge is -2.10. The van der Waals surface area contributed by atoms with Crippen LogP contribution in [0, 0.1) is 0 Å². The maximum atomic E-state index is 5.94. The van der Waals surface area contributed by atoms with Gasteiger partial charge in [-0.3, -0.25) is 0 Å². The van der Waals surface area contributed by atoms with E-state index in [9.17, 15) is 0 Å². The lowest BCUT2D eigenvalue weighted by molar-refractivity contribution is 0.453. The summed E-state index contributed by atoms with van der Waals surface area (Å²) in [5.74, 6) is 1.13. The average Bonchev–Trinajstić information content (AvgIpc) is 2.36. The number of halogens is 2. The fourth-order valence-corrected chi connectivity index (χ4v) is 2.12.